The fourth-order valence-corrected chi connectivity index (χ4v) is 2.71. The van der Waals surface area contributed by atoms with Gasteiger partial charge in [-0.3, -0.25) is 9.59 Å². The van der Waals surface area contributed by atoms with Crippen LogP contribution in [0.4, 0.5) is 5.69 Å². The average molecular weight is 352 g/mol. The number of nitrogens with one attached hydrogen (secondary N) is 2. The summed E-state index contributed by atoms with van der Waals surface area (Å²) in [6.45, 7) is 2.54. The minimum absolute atomic E-state index is 0.0870. The number of aryl methyl sites for hydroxylation is 1. The van der Waals surface area contributed by atoms with Gasteiger partial charge < -0.3 is 15.4 Å². The van der Waals surface area contributed by atoms with Crippen molar-refractivity contribution in [3.8, 4) is 5.75 Å². The Kier molecular flexibility index (Phi) is 5.89. The van der Waals surface area contributed by atoms with Crippen LogP contribution in [0, 0.1) is 0 Å². The van der Waals surface area contributed by atoms with Gasteiger partial charge in [0.15, 0.2) is 0 Å². The minimum Gasteiger partial charge on any atom is -0.494 e. The SMILES string of the molecule is CCOc1ccccc1CCC(=O)Nc1cccc(C(=O)NC2CC2)c1. The van der Waals surface area contributed by atoms with Crippen molar-refractivity contribution in [3.63, 3.8) is 0 Å². The van der Waals surface area contributed by atoms with E-state index in [9.17, 15) is 9.59 Å². The second-order valence-corrected chi connectivity index (χ2v) is 6.42. The van der Waals surface area contributed by atoms with Gasteiger partial charge in [0.1, 0.15) is 5.75 Å². The van der Waals surface area contributed by atoms with Gasteiger partial charge in [-0.15, -0.1) is 0 Å². The summed E-state index contributed by atoms with van der Waals surface area (Å²) < 4.78 is 5.59. The van der Waals surface area contributed by atoms with Crippen LogP contribution >= 0.6 is 0 Å². The lowest BCUT2D eigenvalue weighted by Crippen LogP contribution is -2.25. The molecule has 0 unspecified atom stereocenters. The summed E-state index contributed by atoms with van der Waals surface area (Å²) in [7, 11) is 0. The Bertz CT molecular complexity index is 784. The van der Waals surface area contributed by atoms with Crippen LogP contribution in [0.5, 0.6) is 5.75 Å². The molecule has 0 heterocycles. The van der Waals surface area contributed by atoms with Crippen molar-refractivity contribution >= 4 is 17.5 Å². The van der Waals surface area contributed by atoms with Crippen molar-refractivity contribution in [2.45, 2.75) is 38.6 Å². The highest BCUT2D eigenvalue weighted by atomic mass is 16.5. The number of ether oxygens (including phenoxy) is 1. The molecule has 1 aliphatic carbocycles. The number of amides is 2. The van der Waals surface area contributed by atoms with E-state index in [-0.39, 0.29) is 11.8 Å². The van der Waals surface area contributed by atoms with Gasteiger partial charge in [0.05, 0.1) is 6.61 Å². The number of para-hydroxylation sites is 1. The van der Waals surface area contributed by atoms with Crippen molar-refractivity contribution in [2.24, 2.45) is 0 Å². The van der Waals surface area contributed by atoms with Crippen LogP contribution in [-0.2, 0) is 11.2 Å². The molecule has 0 atom stereocenters. The molecule has 136 valence electrons. The van der Waals surface area contributed by atoms with Crippen molar-refractivity contribution in [3.05, 3.63) is 59.7 Å². The first kappa shape index (κ1) is 18.0. The number of carbonyl (C=O) groups excluding carboxylic acids is 2. The van der Waals surface area contributed by atoms with Gasteiger partial charge in [0.2, 0.25) is 5.91 Å². The number of carbonyl (C=O) groups is 2. The molecule has 2 aromatic carbocycles. The summed E-state index contributed by atoms with van der Waals surface area (Å²) in [6.07, 6.45) is 3.04. The first-order valence-corrected chi connectivity index (χ1v) is 9.07. The molecule has 26 heavy (non-hydrogen) atoms. The Hall–Kier alpha value is -2.82. The van der Waals surface area contributed by atoms with Gasteiger partial charge in [0, 0.05) is 23.7 Å². The van der Waals surface area contributed by atoms with Crippen LogP contribution in [0.25, 0.3) is 0 Å². The Morgan fingerprint density at radius 2 is 1.92 bits per heavy atom. The lowest BCUT2D eigenvalue weighted by Gasteiger charge is -2.10. The van der Waals surface area contributed by atoms with Crippen molar-refractivity contribution in [1.82, 2.24) is 5.32 Å². The Balaban J connectivity index is 1.55. The lowest BCUT2D eigenvalue weighted by atomic mass is 10.1. The number of hydrogen-bond donors (Lipinski definition) is 2. The normalized spacial score (nSPS) is 13.1. The topological polar surface area (TPSA) is 67.4 Å². The molecule has 5 nitrogen and oxygen atoms in total. The summed E-state index contributed by atoms with van der Waals surface area (Å²) in [5.74, 6) is 0.645. The molecule has 2 N–H and O–H groups in total. The van der Waals surface area contributed by atoms with Gasteiger partial charge in [-0.25, -0.2) is 0 Å². The van der Waals surface area contributed by atoms with E-state index < -0.39 is 0 Å². The third-order valence-corrected chi connectivity index (χ3v) is 4.21. The maximum Gasteiger partial charge on any atom is 0.251 e. The van der Waals surface area contributed by atoms with E-state index in [1.807, 2.05) is 31.2 Å². The number of rotatable bonds is 8. The van der Waals surface area contributed by atoms with Gasteiger partial charge in [-0.2, -0.15) is 0 Å². The molecule has 2 amide bonds. The highest BCUT2D eigenvalue weighted by molar-refractivity contribution is 5.97. The molecule has 3 rings (SSSR count). The van der Waals surface area contributed by atoms with E-state index in [0.29, 0.717) is 36.7 Å². The van der Waals surface area contributed by atoms with Crippen LogP contribution in [0.15, 0.2) is 48.5 Å². The molecule has 0 bridgehead atoms. The van der Waals surface area contributed by atoms with Crippen molar-refractivity contribution < 1.29 is 14.3 Å². The summed E-state index contributed by atoms with van der Waals surface area (Å²) >= 11 is 0. The van der Waals surface area contributed by atoms with E-state index in [1.54, 1.807) is 24.3 Å². The second kappa shape index (κ2) is 8.52. The van der Waals surface area contributed by atoms with Crippen molar-refractivity contribution in [2.75, 3.05) is 11.9 Å². The molecular formula is C21H24N2O3. The standard InChI is InChI=1S/C21H24N2O3/c1-2-26-19-9-4-3-6-15(19)10-13-20(24)22-18-8-5-7-16(14-18)21(25)23-17-11-12-17/h3-9,14,17H,2,10-13H2,1H3,(H,22,24)(H,23,25). The zero-order chi connectivity index (χ0) is 18.4. The van der Waals surface area contributed by atoms with Crippen LogP contribution in [-0.4, -0.2) is 24.5 Å². The summed E-state index contributed by atoms with van der Waals surface area (Å²) in [6, 6.07) is 15.1. The third-order valence-electron chi connectivity index (χ3n) is 4.21. The first-order valence-electron chi connectivity index (χ1n) is 9.07. The Labute approximate surface area is 153 Å². The van der Waals surface area contributed by atoms with E-state index in [1.165, 1.54) is 0 Å². The zero-order valence-corrected chi connectivity index (χ0v) is 15.0. The fraction of sp³-hybridized carbons (Fsp3) is 0.333. The zero-order valence-electron chi connectivity index (χ0n) is 15.0. The van der Waals surface area contributed by atoms with E-state index in [2.05, 4.69) is 10.6 Å². The maximum atomic E-state index is 12.3. The van der Waals surface area contributed by atoms with Crippen LogP contribution in [0.1, 0.15) is 42.1 Å². The Morgan fingerprint density at radius 3 is 2.69 bits per heavy atom. The fourth-order valence-electron chi connectivity index (χ4n) is 2.71. The monoisotopic (exact) mass is 352 g/mol. The highest BCUT2D eigenvalue weighted by Crippen LogP contribution is 2.21. The summed E-state index contributed by atoms with van der Waals surface area (Å²) in [4.78, 5) is 24.4. The van der Waals surface area contributed by atoms with Crippen LogP contribution in [0.3, 0.4) is 0 Å². The lowest BCUT2D eigenvalue weighted by molar-refractivity contribution is -0.116. The maximum absolute atomic E-state index is 12.3. The quantitative estimate of drug-likeness (QED) is 0.763. The first-order chi connectivity index (χ1) is 12.7. The largest absolute Gasteiger partial charge is 0.494 e. The molecule has 0 radical (unpaired) electrons. The second-order valence-electron chi connectivity index (χ2n) is 6.42. The highest BCUT2D eigenvalue weighted by Gasteiger charge is 2.23. The molecule has 5 heteroatoms. The molecule has 1 aliphatic rings. The van der Waals surface area contributed by atoms with Crippen LogP contribution in [0.2, 0.25) is 0 Å². The molecule has 1 fully saturated rings. The van der Waals surface area contributed by atoms with Gasteiger partial charge in [0.25, 0.3) is 5.91 Å². The molecule has 1 saturated carbocycles. The Morgan fingerprint density at radius 1 is 1.12 bits per heavy atom. The van der Waals surface area contributed by atoms with Crippen molar-refractivity contribution in [1.29, 1.82) is 0 Å². The minimum atomic E-state index is -0.0887. The number of benzene rings is 2. The van der Waals surface area contributed by atoms with E-state index in [4.69, 9.17) is 4.74 Å². The number of anilines is 1. The third kappa shape index (κ3) is 5.09. The molecular weight excluding hydrogens is 328 g/mol. The van der Waals surface area contributed by atoms with E-state index in [0.717, 1.165) is 24.2 Å². The van der Waals surface area contributed by atoms with Gasteiger partial charge in [-0.1, -0.05) is 24.3 Å². The predicted molar refractivity (Wildman–Crippen MR) is 101 cm³/mol. The summed E-state index contributed by atoms with van der Waals surface area (Å²) in [5.41, 5.74) is 2.22. The molecule has 0 aromatic heterocycles. The van der Waals surface area contributed by atoms with Gasteiger partial charge >= 0.3 is 0 Å². The smallest absolute Gasteiger partial charge is 0.251 e. The molecule has 0 aliphatic heterocycles. The molecule has 0 spiro atoms. The summed E-state index contributed by atoms with van der Waals surface area (Å²) in [5, 5.41) is 5.82. The molecule has 2 aromatic rings. The van der Waals surface area contributed by atoms with Crippen LogP contribution < -0.4 is 15.4 Å². The van der Waals surface area contributed by atoms with Gasteiger partial charge in [-0.05, 0) is 56.0 Å². The average Bonchev–Trinajstić information content (AvgIpc) is 3.45. The van der Waals surface area contributed by atoms with E-state index >= 15 is 0 Å². The number of hydrogen-bond acceptors (Lipinski definition) is 3. The molecule has 0 saturated heterocycles. The predicted octanol–water partition coefficient (Wildman–Crippen LogP) is 3.55.